The fraction of sp³-hybridized carbons (Fsp3) is 0. The molecule has 0 aliphatic carbocycles. The Kier molecular flexibility index (Phi) is 5.37. The highest BCUT2D eigenvalue weighted by molar-refractivity contribution is 9.10. The predicted octanol–water partition coefficient (Wildman–Crippen LogP) is 5.30. The maximum Gasteiger partial charge on any atom is 0.335 e. The third-order valence-corrected chi connectivity index (χ3v) is 5.44. The Morgan fingerprint density at radius 3 is 2.69 bits per heavy atom. The largest absolute Gasteiger partial charge is 0.478 e. The molecule has 29 heavy (non-hydrogen) atoms. The summed E-state index contributed by atoms with van der Waals surface area (Å²) in [5.74, 6) is -0.0679. The van der Waals surface area contributed by atoms with E-state index in [2.05, 4.69) is 26.2 Å². The van der Waals surface area contributed by atoms with Crippen LogP contribution in [0.2, 0.25) is 0 Å². The molecule has 3 aromatic rings. The number of rotatable bonds is 4. The van der Waals surface area contributed by atoms with Crippen LogP contribution in [0.4, 0.5) is 5.69 Å². The molecular weight excluding hydrogens is 456 g/mol. The molecule has 2 N–H and O–H groups in total. The topological polar surface area (TPSA) is 91.9 Å². The summed E-state index contributed by atoms with van der Waals surface area (Å²) in [7, 11) is 0. The number of carboxylic acid groups (broad SMARTS) is 1. The fourth-order valence-corrected chi connectivity index (χ4v) is 3.72. The lowest BCUT2D eigenvalue weighted by Crippen LogP contribution is -2.19. The minimum absolute atomic E-state index is 0.132. The van der Waals surface area contributed by atoms with E-state index in [1.54, 1.807) is 24.3 Å². The van der Waals surface area contributed by atoms with E-state index in [1.165, 1.54) is 23.9 Å². The number of hydrogen-bond acceptors (Lipinski definition) is 5. The number of amides is 1. The van der Waals surface area contributed by atoms with Gasteiger partial charge in [-0.15, -0.1) is 0 Å². The number of aliphatic imine (C=N–C) groups is 1. The van der Waals surface area contributed by atoms with Crippen molar-refractivity contribution in [1.82, 2.24) is 5.32 Å². The summed E-state index contributed by atoms with van der Waals surface area (Å²) in [6.45, 7) is 0. The number of hydrogen-bond donors (Lipinski definition) is 2. The van der Waals surface area contributed by atoms with Gasteiger partial charge in [-0.2, -0.15) is 0 Å². The van der Waals surface area contributed by atoms with Crippen LogP contribution in [-0.4, -0.2) is 22.2 Å². The number of carboxylic acids is 1. The van der Waals surface area contributed by atoms with Gasteiger partial charge in [0.15, 0.2) is 5.17 Å². The third-order valence-electron chi connectivity index (χ3n) is 4.00. The quantitative estimate of drug-likeness (QED) is 0.506. The first-order valence-corrected chi connectivity index (χ1v) is 10.1. The summed E-state index contributed by atoms with van der Waals surface area (Å²) in [5.41, 5.74) is 1.51. The van der Waals surface area contributed by atoms with Crippen LogP contribution in [0, 0.1) is 0 Å². The van der Waals surface area contributed by atoms with Gasteiger partial charge in [0, 0.05) is 16.1 Å². The van der Waals surface area contributed by atoms with Gasteiger partial charge in [0.2, 0.25) is 0 Å². The fourth-order valence-electron chi connectivity index (χ4n) is 2.64. The van der Waals surface area contributed by atoms with Crippen molar-refractivity contribution < 1.29 is 19.1 Å². The monoisotopic (exact) mass is 468 g/mol. The van der Waals surface area contributed by atoms with Crippen LogP contribution >= 0.6 is 27.7 Å². The summed E-state index contributed by atoms with van der Waals surface area (Å²) >= 11 is 4.57. The lowest BCUT2D eigenvalue weighted by atomic mass is 10.2. The van der Waals surface area contributed by atoms with E-state index in [0.717, 1.165) is 10.0 Å². The molecule has 2 aromatic carbocycles. The van der Waals surface area contributed by atoms with Gasteiger partial charge in [0.1, 0.15) is 11.5 Å². The van der Waals surface area contributed by atoms with E-state index in [9.17, 15) is 9.59 Å². The first-order chi connectivity index (χ1) is 14.0. The summed E-state index contributed by atoms with van der Waals surface area (Å²) in [6.07, 6.45) is 1.65. The maximum atomic E-state index is 12.2. The normalized spacial score (nSPS) is 16.4. The lowest BCUT2D eigenvalue weighted by molar-refractivity contribution is -0.115. The van der Waals surface area contributed by atoms with Crippen molar-refractivity contribution in [3.8, 4) is 11.3 Å². The van der Waals surface area contributed by atoms with Crippen molar-refractivity contribution in [2.75, 3.05) is 0 Å². The molecule has 6 nitrogen and oxygen atoms in total. The molecule has 144 valence electrons. The number of aromatic carboxylic acids is 1. The van der Waals surface area contributed by atoms with Crippen LogP contribution in [0.5, 0.6) is 0 Å². The standard InChI is InChI=1S/C21H13BrN2O4S/c22-14-6-4-12(5-7-14)17-9-8-16(28-17)11-18-19(25)24-21(29-18)23-15-3-1-2-13(10-15)20(26)27/h1-11H,(H,26,27)(H,23,24,25). The van der Waals surface area contributed by atoms with Gasteiger partial charge in [-0.05, 0) is 54.2 Å². The van der Waals surface area contributed by atoms with Crippen molar-refractivity contribution in [1.29, 1.82) is 0 Å². The van der Waals surface area contributed by atoms with Gasteiger partial charge in [-0.1, -0.05) is 34.1 Å². The van der Waals surface area contributed by atoms with Crippen molar-refractivity contribution in [2.24, 2.45) is 4.99 Å². The van der Waals surface area contributed by atoms with E-state index in [-0.39, 0.29) is 11.5 Å². The van der Waals surface area contributed by atoms with Crippen LogP contribution < -0.4 is 5.32 Å². The van der Waals surface area contributed by atoms with Gasteiger partial charge in [0.25, 0.3) is 5.91 Å². The summed E-state index contributed by atoms with van der Waals surface area (Å²) in [6, 6.07) is 17.6. The minimum atomic E-state index is -1.03. The lowest BCUT2D eigenvalue weighted by Gasteiger charge is -1.98. The molecule has 2 heterocycles. The van der Waals surface area contributed by atoms with Crippen LogP contribution in [-0.2, 0) is 4.79 Å². The molecule has 1 aromatic heterocycles. The Morgan fingerprint density at radius 2 is 1.93 bits per heavy atom. The molecule has 8 heteroatoms. The van der Waals surface area contributed by atoms with Crippen LogP contribution in [0.15, 0.2) is 79.5 Å². The van der Waals surface area contributed by atoms with Crippen LogP contribution in [0.1, 0.15) is 16.1 Å². The number of nitrogens with one attached hydrogen (secondary N) is 1. The van der Waals surface area contributed by atoms with E-state index in [1.807, 2.05) is 30.3 Å². The molecule has 0 unspecified atom stereocenters. The van der Waals surface area contributed by atoms with Gasteiger partial charge in [-0.25, -0.2) is 9.79 Å². The summed E-state index contributed by atoms with van der Waals surface area (Å²) in [4.78, 5) is 28.1. The number of carbonyl (C=O) groups excluding carboxylic acids is 1. The van der Waals surface area contributed by atoms with E-state index < -0.39 is 5.97 Å². The third kappa shape index (κ3) is 4.49. The zero-order chi connectivity index (χ0) is 20.4. The molecule has 0 atom stereocenters. The van der Waals surface area contributed by atoms with E-state index in [0.29, 0.717) is 27.3 Å². The number of thioether (sulfide) groups is 1. The zero-order valence-electron chi connectivity index (χ0n) is 14.8. The Morgan fingerprint density at radius 1 is 1.14 bits per heavy atom. The zero-order valence-corrected chi connectivity index (χ0v) is 17.2. The first kappa shape index (κ1) is 19.2. The highest BCUT2D eigenvalue weighted by Crippen LogP contribution is 2.30. The maximum absolute atomic E-state index is 12.2. The molecule has 4 rings (SSSR count). The van der Waals surface area contributed by atoms with Gasteiger partial charge in [-0.3, -0.25) is 4.79 Å². The smallest absolute Gasteiger partial charge is 0.335 e. The molecular formula is C21H13BrN2O4S. The Hall–Kier alpha value is -3.10. The Labute approximate surface area is 178 Å². The minimum Gasteiger partial charge on any atom is -0.478 e. The van der Waals surface area contributed by atoms with Crippen LogP contribution in [0.3, 0.4) is 0 Å². The van der Waals surface area contributed by atoms with E-state index in [4.69, 9.17) is 9.52 Å². The molecule has 0 spiro atoms. The number of benzene rings is 2. The second-order valence-corrected chi connectivity index (χ2v) is 7.99. The SMILES string of the molecule is O=C1NC(=Nc2cccc(C(=O)O)c2)SC1=Cc1ccc(-c2ccc(Br)cc2)o1. The molecule has 1 amide bonds. The second-order valence-electron chi connectivity index (χ2n) is 6.05. The molecule has 0 saturated carbocycles. The highest BCUT2D eigenvalue weighted by atomic mass is 79.9. The average Bonchev–Trinajstić information content (AvgIpc) is 3.30. The van der Waals surface area contributed by atoms with Crippen molar-refractivity contribution >= 4 is 56.5 Å². The highest BCUT2D eigenvalue weighted by Gasteiger charge is 2.24. The van der Waals surface area contributed by atoms with Gasteiger partial charge < -0.3 is 14.8 Å². The van der Waals surface area contributed by atoms with Crippen molar-refractivity contribution in [3.63, 3.8) is 0 Å². The van der Waals surface area contributed by atoms with Gasteiger partial charge in [0.05, 0.1) is 16.2 Å². The number of nitrogens with zero attached hydrogens (tertiary/aromatic N) is 1. The average molecular weight is 469 g/mol. The summed E-state index contributed by atoms with van der Waals surface area (Å²) in [5, 5.41) is 12.1. The number of halogens is 1. The first-order valence-electron chi connectivity index (χ1n) is 8.47. The van der Waals surface area contributed by atoms with Crippen molar-refractivity contribution in [2.45, 2.75) is 0 Å². The number of amidine groups is 1. The number of furan rings is 1. The summed E-state index contributed by atoms with van der Waals surface area (Å²) < 4.78 is 6.81. The Bertz CT molecular complexity index is 1170. The molecule has 1 aliphatic rings. The molecule has 0 bridgehead atoms. The van der Waals surface area contributed by atoms with E-state index >= 15 is 0 Å². The second kappa shape index (κ2) is 8.10. The Balaban J connectivity index is 1.54. The number of carbonyl (C=O) groups is 2. The molecule has 1 fully saturated rings. The molecule has 0 radical (unpaired) electrons. The van der Waals surface area contributed by atoms with Crippen LogP contribution in [0.25, 0.3) is 17.4 Å². The molecule has 1 aliphatic heterocycles. The van der Waals surface area contributed by atoms with Gasteiger partial charge >= 0.3 is 5.97 Å². The molecule has 1 saturated heterocycles. The predicted molar refractivity (Wildman–Crippen MR) is 116 cm³/mol. The van der Waals surface area contributed by atoms with Crippen molar-refractivity contribution in [3.05, 3.63) is 81.4 Å².